The Hall–Kier alpha value is -3.66. The first-order valence-corrected chi connectivity index (χ1v) is 11.4. The summed E-state index contributed by atoms with van der Waals surface area (Å²) in [6.07, 6.45) is 9.24. The van der Waals surface area contributed by atoms with E-state index in [4.69, 9.17) is 5.10 Å². The zero-order valence-corrected chi connectivity index (χ0v) is 19.4. The van der Waals surface area contributed by atoms with Crippen molar-refractivity contribution in [2.75, 3.05) is 11.4 Å². The van der Waals surface area contributed by atoms with Gasteiger partial charge in [0.2, 0.25) is 0 Å². The van der Waals surface area contributed by atoms with E-state index in [1.165, 1.54) is 0 Å². The number of hydrogen-bond acceptors (Lipinski definition) is 6. The number of hydrogen-bond donors (Lipinski definition) is 1. The van der Waals surface area contributed by atoms with E-state index in [1.807, 2.05) is 36.5 Å². The third-order valence-electron chi connectivity index (χ3n) is 6.80. The van der Waals surface area contributed by atoms with Gasteiger partial charge in [-0.25, -0.2) is 19.5 Å². The molecule has 2 aliphatic rings. The van der Waals surface area contributed by atoms with Crippen LogP contribution in [-0.2, 0) is 0 Å². The van der Waals surface area contributed by atoms with Crippen LogP contribution in [-0.4, -0.2) is 40.7 Å². The Balaban J connectivity index is 0.00000217. The second-order valence-corrected chi connectivity index (χ2v) is 8.82. The molecule has 1 aliphatic heterocycles. The van der Waals surface area contributed by atoms with Crippen LogP contribution in [0.2, 0.25) is 0 Å². The van der Waals surface area contributed by atoms with Crippen molar-refractivity contribution in [1.82, 2.24) is 34.1 Å². The summed E-state index contributed by atoms with van der Waals surface area (Å²) >= 11 is 0. The van der Waals surface area contributed by atoms with Gasteiger partial charge in [-0.15, -0.1) is 0 Å². The molecule has 4 aromatic heterocycles. The normalized spacial score (nSPS) is 18.0. The highest BCUT2D eigenvalue weighted by Gasteiger charge is 2.35. The van der Waals surface area contributed by atoms with Crippen LogP contribution in [0.4, 0.5) is 5.82 Å². The zero-order valence-electron chi connectivity index (χ0n) is 18.4. The molecule has 1 atom stereocenters. The number of nitrogens with one attached hydrogen (secondary N) is 1. The molecule has 0 radical (unpaired) electrons. The molecule has 2 fully saturated rings. The van der Waals surface area contributed by atoms with Crippen LogP contribution in [0.15, 0.2) is 60.0 Å². The average molecular weight is 473 g/mol. The van der Waals surface area contributed by atoms with Gasteiger partial charge in [-0.1, -0.05) is 18.2 Å². The second kappa shape index (κ2) is 7.98. The molecule has 1 N–H and O–H groups in total. The molecule has 7 rings (SSSR count). The quantitative estimate of drug-likeness (QED) is 0.430. The summed E-state index contributed by atoms with van der Waals surface area (Å²) in [6.45, 7) is 0.817. The fourth-order valence-corrected chi connectivity index (χ4v) is 5.13. The maximum Gasteiger partial charge on any atom is 0.282 e. The Morgan fingerprint density at radius 1 is 1.00 bits per heavy atom. The smallest absolute Gasteiger partial charge is 0.282 e. The lowest BCUT2D eigenvalue weighted by Crippen LogP contribution is -2.33. The Morgan fingerprint density at radius 3 is 2.68 bits per heavy atom. The van der Waals surface area contributed by atoms with E-state index < -0.39 is 0 Å². The van der Waals surface area contributed by atoms with Crippen molar-refractivity contribution in [1.29, 1.82) is 0 Å². The van der Waals surface area contributed by atoms with Gasteiger partial charge in [0.15, 0.2) is 17.3 Å². The van der Waals surface area contributed by atoms with Gasteiger partial charge in [-0.05, 0) is 55.4 Å². The molecule has 0 spiro atoms. The van der Waals surface area contributed by atoms with Crippen molar-refractivity contribution >= 4 is 36.0 Å². The monoisotopic (exact) mass is 472 g/mol. The van der Waals surface area contributed by atoms with Gasteiger partial charge >= 0.3 is 0 Å². The summed E-state index contributed by atoms with van der Waals surface area (Å²) in [7, 11) is 0. The minimum Gasteiger partial charge on any atom is -0.344 e. The summed E-state index contributed by atoms with van der Waals surface area (Å²) in [6, 6.07) is 11.8. The molecule has 1 saturated carbocycles. The Morgan fingerprint density at radius 2 is 1.85 bits per heavy atom. The van der Waals surface area contributed by atoms with Crippen molar-refractivity contribution in [3.63, 3.8) is 0 Å². The molecule has 0 bridgehead atoms. The molecular formula is C24H24N8OS. The number of H-pyrrole nitrogens is 1. The summed E-state index contributed by atoms with van der Waals surface area (Å²) in [4.78, 5) is 32.5. The highest BCUT2D eigenvalue weighted by atomic mass is 32.1. The van der Waals surface area contributed by atoms with Crippen molar-refractivity contribution in [3.05, 3.63) is 77.0 Å². The minimum absolute atomic E-state index is 0. The Kier molecular flexibility index (Phi) is 4.91. The molecule has 172 valence electrons. The molecule has 0 unspecified atom stereocenters. The van der Waals surface area contributed by atoms with E-state index >= 15 is 0 Å². The largest absolute Gasteiger partial charge is 0.344 e. The predicted octanol–water partition coefficient (Wildman–Crippen LogP) is 3.48. The number of benzene rings is 1. The first kappa shape index (κ1) is 20.9. The van der Waals surface area contributed by atoms with Crippen molar-refractivity contribution in [2.45, 2.75) is 37.6 Å². The molecule has 34 heavy (non-hydrogen) atoms. The van der Waals surface area contributed by atoms with Crippen LogP contribution in [0.5, 0.6) is 0 Å². The summed E-state index contributed by atoms with van der Waals surface area (Å²) in [5.74, 6) is 1.98. The lowest BCUT2D eigenvalue weighted by molar-refractivity contribution is 0.601. The highest BCUT2D eigenvalue weighted by Crippen LogP contribution is 2.42. The van der Waals surface area contributed by atoms with Crippen LogP contribution in [0.25, 0.3) is 22.4 Å². The standard InChI is InChI=1S/C24H22N8O.H2S/c33-24-20-17(15-8-9-15)10-12-31(20)29-22(32(24)16-5-2-1-3-6-16)18-7-4-11-30(18)23-19-21(26-13-25-19)27-14-28-23;/h1-3,5-6,10,12-15,18H,4,7-9,11H2,(H,25,26,27,28);1H2/t18-;/m0./s1. The van der Waals surface area contributed by atoms with Crippen LogP contribution < -0.4 is 10.5 Å². The van der Waals surface area contributed by atoms with E-state index in [-0.39, 0.29) is 25.1 Å². The number of nitrogens with zero attached hydrogens (tertiary/aromatic N) is 7. The topological polar surface area (TPSA) is 97.0 Å². The van der Waals surface area contributed by atoms with Crippen molar-refractivity contribution < 1.29 is 0 Å². The van der Waals surface area contributed by atoms with Crippen LogP contribution in [0.1, 0.15) is 49.0 Å². The second-order valence-electron chi connectivity index (χ2n) is 8.82. The number of aromatic nitrogens is 7. The van der Waals surface area contributed by atoms with Crippen LogP contribution in [0, 0.1) is 0 Å². The number of aromatic amines is 1. The Labute approximate surface area is 201 Å². The number of anilines is 1. The average Bonchev–Trinajstić information content (AvgIpc) is 3.24. The van der Waals surface area contributed by atoms with E-state index in [2.05, 4.69) is 30.9 Å². The van der Waals surface area contributed by atoms with Gasteiger partial charge in [0, 0.05) is 12.7 Å². The minimum atomic E-state index is -0.101. The molecule has 5 heterocycles. The van der Waals surface area contributed by atoms with Crippen molar-refractivity contribution in [2.24, 2.45) is 0 Å². The zero-order chi connectivity index (χ0) is 21.9. The molecule has 1 aliphatic carbocycles. The molecule has 9 nitrogen and oxygen atoms in total. The van der Waals surface area contributed by atoms with E-state index in [9.17, 15) is 4.79 Å². The van der Waals surface area contributed by atoms with E-state index in [0.29, 0.717) is 17.1 Å². The lowest BCUT2D eigenvalue weighted by Gasteiger charge is -2.27. The molecule has 5 aromatic rings. The number of rotatable bonds is 4. The molecular weight excluding hydrogens is 448 g/mol. The van der Waals surface area contributed by atoms with Crippen LogP contribution >= 0.6 is 13.5 Å². The number of para-hydroxylation sites is 1. The van der Waals surface area contributed by atoms with E-state index in [0.717, 1.165) is 60.6 Å². The Bertz CT molecular complexity index is 1550. The molecule has 10 heteroatoms. The summed E-state index contributed by atoms with van der Waals surface area (Å²) in [5, 5.41) is 5.04. The fraction of sp³-hybridized carbons (Fsp3) is 0.292. The van der Waals surface area contributed by atoms with Crippen LogP contribution in [0.3, 0.4) is 0 Å². The fourth-order valence-electron chi connectivity index (χ4n) is 5.13. The maximum atomic E-state index is 14.0. The molecule has 0 amide bonds. The molecule has 1 saturated heterocycles. The highest BCUT2D eigenvalue weighted by molar-refractivity contribution is 7.59. The van der Waals surface area contributed by atoms with Gasteiger partial charge in [-0.2, -0.15) is 18.6 Å². The first-order chi connectivity index (χ1) is 16.3. The van der Waals surface area contributed by atoms with Crippen molar-refractivity contribution in [3.8, 4) is 5.69 Å². The predicted molar refractivity (Wildman–Crippen MR) is 134 cm³/mol. The third kappa shape index (κ3) is 3.12. The van der Waals surface area contributed by atoms with Gasteiger partial charge < -0.3 is 9.88 Å². The van der Waals surface area contributed by atoms with Gasteiger partial charge in [0.05, 0.1) is 18.1 Å². The summed E-state index contributed by atoms with van der Waals surface area (Å²) < 4.78 is 3.59. The lowest BCUT2D eigenvalue weighted by atomic mass is 10.1. The number of imidazole rings is 1. The van der Waals surface area contributed by atoms with E-state index in [1.54, 1.807) is 21.7 Å². The first-order valence-electron chi connectivity index (χ1n) is 11.4. The number of fused-ring (bicyclic) bond motifs is 2. The van der Waals surface area contributed by atoms with Gasteiger partial charge in [0.25, 0.3) is 5.56 Å². The van der Waals surface area contributed by atoms with Gasteiger partial charge in [-0.3, -0.25) is 9.36 Å². The SMILES string of the molecule is O=c1c2c(C3CC3)ccn2nc([C@@H]2CCCN2c2ncnc3nc[nH]c23)n1-c1ccccc1.S. The summed E-state index contributed by atoms with van der Waals surface area (Å²) in [5.41, 5.74) is 4.05. The maximum absolute atomic E-state index is 14.0. The van der Waals surface area contributed by atoms with Gasteiger partial charge in [0.1, 0.15) is 17.4 Å². The molecule has 1 aromatic carbocycles. The third-order valence-corrected chi connectivity index (χ3v) is 6.80.